The fourth-order valence-corrected chi connectivity index (χ4v) is 3.32. The summed E-state index contributed by atoms with van der Waals surface area (Å²) in [4.78, 5) is 17.1. The first-order valence-corrected chi connectivity index (χ1v) is 7.44. The number of likely N-dealkylation sites (tertiary alicyclic amines) is 1. The van der Waals surface area contributed by atoms with Gasteiger partial charge >= 0.3 is 0 Å². The van der Waals surface area contributed by atoms with Crippen LogP contribution in [0, 0.1) is 5.82 Å². The second kappa shape index (κ2) is 5.48. The number of aromatic nitrogens is 1. The number of nitrogens with zero attached hydrogens (tertiary/aromatic N) is 1. The van der Waals surface area contributed by atoms with Gasteiger partial charge in [0.1, 0.15) is 11.5 Å². The molecule has 0 bridgehead atoms. The van der Waals surface area contributed by atoms with Crippen molar-refractivity contribution in [1.29, 1.82) is 0 Å². The maximum Gasteiger partial charge on any atom is 0.271 e. The third-order valence-electron chi connectivity index (χ3n) is 3.75. The second-order valence-corrected chi connectivity index (χ2v) is 6.01. The van der Waals surface area contributed by atoms with Gasteiger partial charge in [0.05, 0.1) is 10.0 Å². The molecular weight excluding hydrogens is 316 g/mol. The number of piperidine rings is 1. The van der Waals surface area contributed by atoms with Gasteiger partial charge in [-0.15, -0.1) is 0 Å². The number of benzene rings is 1. The van der Waals surface area contributed by atoms with Crippen LogP contribution < -0.4 is 5.73 Å². The molecule has 21 heavy (non-hydrogen) atoms. The molecule has 1 aromatic heterocycles. The Labute approximate surface area is 131 Å². The van der Waals surface area contributed by atoms with E-state index in [4.69, 9.17) is 28.9 Å². The van der Waals surface area contributed by atoms with E-state index >= 15 is 0 Å². The first-order valence-electron chi connectivity index (χ1n) is 6.69. The van der Waals surface area contributed by atoms with Crippen molar-refractivity contribution in [1.82, 2.24) is 9.88 Å². The minimum absolute atomic E-state index is 0.0214. The summed E-state index contributed by atoms with van der Waals surface area (Å²) in [6.07, 6.45) is 1.77. The van der Waals surface area contributed by atoms with Crippen LogP contribution >= 0.6 is 23.2 Å². The lowest BCUT2D eigenvalue weighted by molar-refractivity contribution is 0.0704. The van der Waals surface area contributed by atoms with E-state index in [1.807, 2.05) is 0 Å². The molecule has 1 fully saturated rings. The van der Waals surface area contributed by atoms with Crippen LogP contribution in [0.5, 0.6) is 0 Å². The van der Waals surface area contributed by atoms with Crippen LogP contribution in [0.3, 0.4) is 0 Å². The molecule has 1 aliphatic heterocycles. The van der Waals surface area contributed by atoms with E-state index in [0.717, 1.165) is 12.8 Å². The van der Waals surface area contributed by atoms with Crippen molar-refractivity contribution >= 4 is 40.0 Å². The molecule has 0 aliphatic carbocycles. The Morgan fingerprint density at radius 2 is 2.14 bits per heavy atom. The number of hydrogen-bond acceptors (Lipinski definition) is 2. The van der Waals surface area contributed by atoms with Gasteiger partial charge in [0.2, 0.25) is 0 Å². The van der Waals surface area contributed by atoms with Crippen molar-refractivity contribution < 1.29 is 9.18 Å². The Morgan fingerprint density at radius 3 is 2.86 bits per heavy atom. The minimum Gasteiger partial charge on any atom is -0.349 e. The highest BCUT2D eigenvalue weighted by molar-refractivity contribution is 6.44. The van der Waals surface area contributed by atoms with Crippen LogP contribution in [-0.4, -0.2) is 34.9 Å². The van der Waals surface area contributed by atoms with Crippen LogP contribution in [0.25, 0.3) is 10.9 Å². The van der Waals surface area contributed by atoms with Crippen LogP contribution in [0.15, 0.2) is 12.1 Å². The molecule has 0 unspecified atom stereocenters. The molecule has 7 heteroatoms. The molecule has 2 aromatic rings. The third kappa shape index (κ3) is 2.50. The lowest BCUT2D eigenvalue weighted by Gasteiger charge is -2.30. The molecule has 1 aliphatic rings. The minimum atomic E-state index is -0.566. The molecule has 2 heterocycles. The summed E-state index contributed by atoms with van der Waals surface area (Å²) in [6.45, 7) is 1.13. The number of H-pyrrole nitrogens is 1. The molecule has 112 valence electrons. The van der Waals surface area contributed by atoms with Gasteiger partial charge in [-0.1, -0.05) is 23.2 Å². The quantitative estimate of drug-likeness (QED) is 0.844. The highest BCUT2D eigenvalue weighted by Gasteiger charge is 2.27. The SMILES string of the molecule is N[C@H]1CCCN(C(=O)c2[nH]c3ccc(F)c(Cl)c3c2Cl)C1. The molecule has 0 saturated carbocycles. The molecule has 1 aromatic carbocycles. The van der Waals surface area contributed by atoms with E-state index in [-0.39, 0.29) is 27.7 Å². The van der Waals surface area contributed by atoms with Crippen LogP contribution in [0.2, 0.25) is 10.0 Å². The van der Waals surface area contributed by atoms with Crippen molar-refractivity contribution in [2.24, 2.45) is 5.73 Å². The Hall–Kier alpha value is -1.30. The van der Waals surface area contributed by atoms with Gasteiger partial charge in [-0.25, -0.2) is 4.39 Å². The molecule has 3 N–H and O–H groups in total. The van der Waals surface area contributed by atoms with Gasteiger partial charge in [0.25, 0.3) is 5.91 Å². The topological polar surface area (TPSA) is 62.1 Å². The number of carbonyl (C=O) groups is 1. The van der Waals surface area contributed by atoms with E-state index in [9.17, 15) is 9.18 Å². The molecule has 1 saturated heterocycles. The van der Waals surface area contributed by atoms with Gasteiger partial charge < -0.3 is 15.6 Å². The highest BCUT2D eigenvalue weighted by Crippen LogP contribution is 2.35. The number of fused-ring (bicyclic) bond motifs is 1. The Kier molecular flexibility index (Phi) is 3.82. The Balaban J connectivity index is 2.02. The van der Waals surface area contributed by atoms with E-state index in [2.05, 4.69) is 4.98 Å². The average molecular weight is 330 g/mol. The van der Waals surface area contributed by atoms with Crippen LogP contribution in [0.1, 0.15) is 23.3 Å². The predicted molar refractivity (Wildman–Crippen MR) is 81.4 cm³/mol. The van der Waals surface area contributed by atoms with Crippen molar-refractivity contribution in [2.75, 3.05) is 13.1 Å². The number of nitrogens with one attached hydrogen (secondary N) is 1. The summed E-state index contributed by atoms with van der Waals surface area (Å²) in [7, 11) is 0. The number of hydrogen-bond donors (Lipinski definition) is 2. The number of rotatable bonds is 1. The zero-order valence-electron chi connectivity index (χ0n) is 11.1. The summed E-state index contributed by atoms with van der Waals surface area (Å²) in [5.74, 6) is -0.799. The number of halogens is 3. The first-order chi connectivity index (χ1) is 9.99. The molecule has 4 nitrogen and oxygen atoms in total. The largest absolute Gasteiger partial charge is 0.349 e. The van der Waals surface area contributed by atoms with E-state index in [0.29, 0.717) is 24.0 Å². The number of aromatic amines is 1. The monoisotopic (exact) mass is 329 g/mol. The Bertz CT molecular complexity index is 716. The van der Waals surface area contributed by atoms with Crippen molar-refractivity contribution in [3.63, 3.8) is 0 Å². The van der Waals surface area contributed by atoms with Crippen molar-refractivity contribution in [3.05, 3.63) is 33.7 Å². The maximum atomic E-state index is 13.5. The fourth-order valence-electron chi connectivity index (χ4n) is 2.68. The average Bonchev–Trinajstić information content (AvgIpc) is 2.80. The van der Waals surface area contributed by atoms with Gasteiger partial charge in [-0.05, 0) is 25.0 Å². The highest BCUT2D eigenvalue weighted by atomic mass is 35.5. The van der Waals surface area contributed by atoms with Gasteiger partial charge in [0, 0.05) is 30.0 Å². The number of carbonyl (C=O) groups excluding carboxylic acids is 1. The first kappa shape index (κ1) is 14.6. The summed E-state index contributed by atoms with van der Waals surface area (Å²) in [6, 6.07) is 2.73. The standard InChI is InChI=1S/C14H14Cl2FN3O/c15-11-8(17)3-4-9-10(11)12(16)13(19-9)14(21)20-5-1-2-7(18)6-20/h3-4,7,19H,1-2,5-6,18H2/t7-/m0/s1. The predicted octanol–water partition coefficient (Wildman–Crippen LogP) is 3.18. The smallest absolute Gasteiger partial charge is 0.271 e. The Morgan fingerprint density at radius 1 is 1.38 bits per heavy atom. The molecular formula is C14H14Cl2FN3O. The molecule has 0 spiro atoms. The summed E-state index contributed by atoms with van der Waals surface area (Å²) < 4.78 is 13.5. The molecule has 0 radical (unpaired) electrons. The molecule has 1 amide bonds. The second-order valence-electron chi connectivity index (χ2n) is 5.25. The zero-order valence-corrected chi connectivity index (χ0v) is 12.6. The normalized spacial score (nSPS) is 19.2. The summed E-state index contributed by atoms with van der Waals surface area (Å²) in [5.41, 5.74) is 6.66. The van der Waals surface area contributed by atoms with Gasteiger partial charge in [-0.2, -0.15) is 0 Å². The van der Waals surface area contributed by atoms with Crippen molar-refractivity contribution in [3.8, 4) is 0 Å². The summed E-state index contributed by atoms with van der Waals surface area (Å²) >= 11 is 12.2. The lowest BCUT2D eigenvalue weighted by Crippen LogP contribution is -2.45. The number of amides is 1. The van der Waals surface area contributed by atoms with E-state index < -0.39 is 5.82 Å². The lowest BCUT2D eigenvalue weighted by atomic mass is 10.1. The number of nitrogens with two attached hydrogens (primary N) is 1. The van der Waals surface area contributed by atoms with Crippen molar-refractivity contribution in [2.45, 2.75) is 18.9 Å². The zero-order chi connectivity index (χ0) is 15.1. The summed E-state index contributed by atoms with van der Waals surface area (Å²) in [5, 5.41) is 0.407. The van der Waals surface area contributed by atoms with E-state index in [1.54, 1.807) is 4.90 Å². The molecule has 3 rings (SSSR count). The van der Waals surface area contributed by atoms with E-state index in [1.165, 1.54) is 12.1 Å². The third-order valence-corrected chi connectivity index (χ3v) is 4.50. The van der Waals surface area contributed by atoms with Gasteiger partial charge in [-0.3, -0.25) is 4.79 Å². The maximum absolute atomic E-state index is 13.5. The van der Waals surface area contributed by atoms with Gasteiger partial charge in [0.15, 0.2) is 0 Å². The van der Waals surface area contributed by atoms with Crippen LogP contribution in [0.4, 0.5) is 4.39 Å². The van der Waals surface area contributed by atoms with Crippen LogP contribution in [-0.2, 0) is 0 Å². The fraction of sp³-hybridized carbons (Fsp3) is 0.357. The molecule has 1 atom stereocenters.